The summed E-state index contributed by atoms with van der Waals surface area (Å²) in [5, 5.41) is 9.16. The molecule has 0 bridgehead atoms. The van der Waals surface area contributed by atoms with Crippen LogP contribution in [0.25, 0.3) is 11.3 Å². The zero-order valence-corrected chi connectivity index (χ0v) is 13.2. The maximum Gasteiger partial charge on any atom is 0.505 e. The molecule has 0 unspecified atom stereocenters. The van der Waals surface area contributed by atoms with Gasteiger partial charge in [0.15, 0.2) is 5.76 Å². The van der Waals surface area contributed by atoms with Crippen molar-refractivity contribution in [3.05, 3.63) is 45.5 Å². The van der Waals surface area contributed by atoms with Crippen LogP contribution in [0.1, 0.15) is 19.5 Å². The lowest BCUT2D eigenvalue weighted by Gasteiger charge is -2.25. The van der Waals surface area contributed by atoms with Crippen LogP contribution < -0.4 is 5.76 Å². The molecule has 2 aromatic rings. The Morgan fingerprint density at radius 1 is 1.45 bits per heavy atom. The normalized spacial score (nSPS) is 11.5. The van der Waals surface area contributed by atoms with Crippen LogP contribution in [0.5, 0.6) is 0 Å². The van der Waals surface area contributed by atoms with Gasteiger partial charge in [-0.05, 0) is 32.9 Å². The predicted octanol–water partition coefficient (Wildman–Crippen LogP) is 3.50. The fourth-order valence-electron chi connectivity index (χ4n) is 2.35. The molecule has 1 heterocycles. The highest BCUT2D eigenvalue weighted by molar-refractivity contribution is 6.30. The van der Waals surface area contributed by atoms with Crippen molar-refractivity contribution >= 4 is 17.8 Å². The average molecular weight is 326 g/mol. The number of carboxylic acid groups (broad SMARTS) is 1. The lowest BCUT2D eigenvalue weighted by atomic mass is 10.1. The lowest BCUT2D eigenvalue weighted by molar-refractivity contribution is 0.0575. The molecule has 7 heteroatoms. The molecule has 118 valence electrons. The SMILES string of the molecule is Cc1c(-c2cccc(Cl)c2)oc(=O)n1C(C)(C)COC(=O)O. The van der Waals surface area contributed by atoms with E-state index in [0.717, 1.165) is 0 Å². The van der Waals surface area contributed by atoms with Crippen molar-refractivity contribution in [2.45, 2.75) is 26.3 Å². The van der Waals surface area contributed by atoms with Gasteiger partial charge in [0.2, 0.25) is 0 Å². The van der Waals surface area contributed by atoms with Crippen molar-refractivity contribution in [3.8, 4) is 11.3 Å². The third kappa shape index (κ3) is 3.17. The van der Waals surface area contributed by atoms with Crippen LogP contribution >= 0.6 is 11.6 Å². The van der Waals surface area contributed by atoms with Gasteiger partial charge in [0.05, 0.1) is 11.2 Å². The highest BCUT2D eigenvalue weighted by Gasteiger charge is 2.29. The molecule has 0 atom stereocenters. The summed E-state index contributed by atoms with van der Waals surface area (Å²) in [5.41, 5.74) is 0.377. The molecule has 0 spiro atoms. The Bertz CT molecular complexity index is 760. The molecule has 22 heavy (non-hydrogen) atoms. The van der Waals surface area contributed by atoms with Gasteiger partial charge in [-0.2, -0.15) is 0 Å². The number of benzene rings is 1. The Hall–Kier alpha value is -2.21. The van der Waals surface area contributed by atoms with E-state index in [0.29, 0.717) is 22.0 Å². The molecular formula is C15H16ClNO5. The molecule has 1 aromatic heterocycles. The molecule has 6 nitrogen and oxygen atoms in total. The molecule has 0 aliphatic heterocycles. The van der Waals surface area contributed by atoms with E-state index in [1.807, 2.05) is 0 Å². The molecule has 0 radical (unpaired) electrons. The molecule has 0 fully saturated rings. The fourth-order valence-corrected chi connectivity index (χ4v) is 2.54. The first-order chi connectivity index (χ1) is 10.2. The Labute approximate surface area is 131 Å². The summed E-state index contributed by atoms with van der Waals surface area (Å²) >= 11 is 5.96. The molecule has 1 aromatic carbocycles. The summed E-state index contributed by atoms with van der Waals surface area (Å²) in [6.45, 7) is 4.95. The van der Waals surface area contributed by atoms with Crippen molar-refractivity contribution in [1.82, 2.24) is 4.57 Å². The van der Waals surface area contributed by atoms with E-state index in [1.54, 1.807) is 45.0 Å². The Balaban J connectivity index is 2.47. The van der Waals surface area contributed by atoms with E-state index in [-0.39, 0.29) is 6.61 Å². The van der Waals surface area contributed by atoms with Crippen molar-refractivity contribution in [2.75, 3.05) is 6.61 Å². The van der Waals surface area contributed by atoms with Crippen LogP contribution in [0.15, 0.2) is 33.5 Å². The van der Waals surface area contributed by atoms with E-state index in [1.165, 1.54) is 4.57 Å². The second kappa shape index (κ2) is 5.88. The maximum absolute atomic E-state index is 12.2. The van der Waals surface area contributed by atoms with E-state index in [4.69, 9.17) is 21.1 Å². The topological polar surface area (TPSA) is 81.7 Å². The van der Waals surface area contributed by atoms with Gasteiger partial charge in [-0.1, -0.05) is 23.7 Å². The first kappa shape index (κ1) is 16.2. The van der Waals surface area contributed by atoms with Crippen LogP contribution in [-0.2, 0) is 10.3 Å². The Kier molecular flexibility index (Phi) is 4.32. The first-order valence-electron chi connectivity index (χ1n) is 6.57. The summed E-state index contributed by atoms with van der Waals surface area (Å²) in [5.74, 6) is -0.178. The maximum atomic E-state index is 12.2. The van der Waals surface area contributed by atoms with Crippen LogP contribution in [0, 0.1) is 6.92 Å². The third-order valence-corrected chi connectivity index (χ3v) is 3.51. The second-order valence-electron chi connectivity index (χ2n) is 5.50. The van der Waals surface area contributed by atoms with Gasteiger partial charge in [0.1, 0.15) is 6.61 Å². The standard InChI is InChI=1S/C15H16ClNO5/c1-9-12(10-5-4-6-11(16)7-10)22-13(18)17(9)15(2,3)8-21-14(19)20/h4-7H,8H2,1-3H3,(H,19,20). The van der Waals surface area contributed by atoms with E-state index >= 15 is 0 Å². The van der Waals surface area contributed by atoms with Crippen LogP contribution in [0.2, 0.25) is 5.02 Å². The zero-order valence-electron chi connectivity index (χ0n) is 12.4. The van der Waals surface area contributed by atoms with E-state index < -0.39 is 17.5 Å². The fraction of sp³-hybridized carbons (Fsp3) is 0.333. The average Bonchev–Trinajstić information content (AvgIpc) is 2.72. The minimum Gasteiger partial charge on any atom is -0.450 e. The molecule has 2 rings (SSSR count). The van der Waals surface area contributed by atoms with Gasteiger partial charge in [-0.3, -0.25) is 4.57 Å². The number of ether oxygens (including phenoxy) is 1. The number of nitrogens with zero attached hydrogens (tertiary/aromatic N) is 1. The smallest absolute Gasteiger partial charge is 0.450 e. The van der Waals surface area contributed by atoms with Crippen molar-refractivity contribution in [2.24, 2.45) is 0 Å². The number of halogens is 1. The summed E-state index contributed by atoms with van der Waals surface area (Å²) in [6, 6.07) is 6.95. The van der Waals surface area contributed by atoms with E-state index in [9.17, 15) is 9.59 Å². The molecule has 0 saturated heterocycles. The molecule has 0 aliphatic rings. The van der Waals surface area contributed by atoms with Crippen LogP contribution in [-0.4, -0.2) is 22.4 Å². The first-order valence-corrected chi connectivity index (χ1v) is 6.95. The number of aromatic nitrogens is 1. The largest absolute Gasteiger partial charge is 0.505 e. The minimum atomic E-state index is -1.39. The number of rotatable bonds is 4. The second-order valence-corrected chi connectivity index (χ2v) is 5.93. The van der Waals surface area contributed by atoms with Gasteiger partial charge in [0.25, 0.3) is 0 Å². The molecule has 0 aliphatic carbocycles. The molecular weight excluding hydrogens is 310 g/mol. The monoisotopic (exact) mass is 325 g/mol. The van der Waals surface area contributed by atoms with Gasteiger partial charge >= 0.3 is 11.9 Å². The quantitative estimate of drug-likeness (QED) is 0.870. The van der Waals surface area contributed by atoms with Gasteiger partial charge in [0, 0.05) is 10.6 Å². The minimum absolute atomic E-state index is 0.169. The third-order valence-electron chi connectivity index (χ3n) is 3.28. The Morgan fingerprint density at radius 3 is 2.73 bits per heavy atom. The van der Waals surface area contributed by atoms with Crippen molar-refractivity contribution in [3.63, 3.8) is 0 Å². The van der Waals surface area contributed by atoms with Crippen LogP contribution in [0.4, 0.5) is 4.79 Å². The van der Waals surface area contributed by atoms with Gasteiger partial charge in [-0.25, -0.2) is 9.59 Å². The van der Waals surface area contributed by atoms with Crippen molar-refractivity contribution in [1.29, 1.82) is 0 Å². The number of carbonyl (C=O) groups is 1. The number of hydrogen-bond acceptors (Lipinski definition) is 4. The highest BCUT2D eigenvalue weighted by atomic mass is 35.5. The lowest BCUT2D eigenvalue weighted by Crippen LogP contribution is -2.39. The van der Waals surface area contributed by atoms with Crippen LogP contribution in [0.3, 0.4) is 0 Å². The number of hydrogen-bond donors (Lipinski definition) is 1. The summed E-state index contributed by atoms with van der Waals surface area (Å²) in [6.07, 6.45) is -1.39. The highest BCUT2D eigenvalue weighted by Crippen LogP contribution is 2.28. The molecule has 1 N–H and O–H groups in total. The number of oxazole rings is 1. The summed E-state index contributed by atoms with van der Waals surface area (Å²) in [7, 11) is 0. The van der Waals surface area contributed by atoms with Gasteiger partial charge < -0.3 is 14.3 Å². The zero-order chi connectivity index (χ0) is 16.5. The molecule has 0 amide bonds. The predicted molar refractivity (Wildman–Crippen MR) is 81.4 cm³/mol. The van der Waals surface area contributed by atoms with Gasteiger partial charge in [-0.15, -0.1) is 0 Å². The van der Waals surface area contributed by atoms with E-state index in [2.05, 4.69) is 4.74 Å². The van der Waals surface area contributed by atoms with Crippen molar-refractivity contribution < 1.29 is 19.1 Å². The molecule has 0 saturated carbocycles. The summed E-state index contributed by atoms with van der Waals surface area (Å²) < 4.78 is 11.3. The Morgan fingerprint density at radius 2 is 2.14 bits per heavy atom. The summed E-state index contributed by atoms with van der Waals surface area (Å²) in [4.78, 5) is 22.7.